The summed E-state index contributed by atoms with van der Waals surface area (Å²) in [5.74, 6) is -1.18. The minimum Gasteiger partial charge on any atom is -0.504 e. The Bertz CT molecular complexity index is 937. The summed E-state index contributed by atoms with van der Waals surface area (Å²) in [7, 11) is 0. The van der Waals surface area contributed by atoms with Crippen LogP contribution in [-0.4, -0.2) is 111 Å². The van der Waals surface area contributed by atoms with E-state index in [2.05, 4.69) is 0 Å². The first-order chi connectivity index (χ1) is 17.0. The zero-order valence-electron chi connectivity index (χ0n) is 19.5. The Morgan fingerprint density at radius 2 is 1.72 bits per heavy atom. The third kappa shape index (κ3) is 6.38. The number of esters is 1. The van der Waals surface area contributed by atoms with Crippen LogP contribution in [0.1, 0.15) is 19.4 Å². The highest BCUT2D eigenvalue weighted by atomic mass is 16.7. The number of rotatable bonds is 8. The lowest BCUT2D eigenvalue weighted by atomic mass is 9.98. The van der Waals surface area contributed by atoms with Crippen molar-refractivity contribution in [1.82, 2.24) is 0 Å². The molecule has 6 N–H and O–H groups in total. The molecule has 1 aromatic rings. The first-order valence-electron chi connectivity index (χ1n) is 11.1. The standard InChI is InChI=1S/C23H30O13/c1-10-16(27)21(34-11(2)25)20(31)22(33-10)32-9-15-17(28)18(29)19(30)23(36-15)35-14-6-5-12(4-3-7-24)8-13(14)26/h3-8,10,15-23,26-31H,9H2,1-2H3/t10-,15+,16-,17+,18-,19+,20+,21+,22+,23+/m0/s1. The van der Waals surface area contributed by atoms with Crippen LogP contribution in [0.15, 0.2) is 24.3 Å². The minimum atomic E-state index is -1.72. The van der Waals surface area contributed by atoms with E-state index in [1.807, 2.05) is 0 Å². The number of carbonyl (C=O) groups is 2. The number of aromatic hydroxyl groups is 1. The van der Waals surface area contributed by atoms with Gasteiger partial charge in [-0.05, 0) is 30.7 Å². The predicted octanol–water partition coefficient (Wildman–Crippen LogP) is -1.79. The van der Waals surface area contributed by atoms with E-state index in [-0.39, 0.29) is 11.5 Å². The molecule has 10 atom stereocenters. The third-order valence-corrected chi connectivity index (χ3v) is 5.77. The maximum atomic E-state index is 11.3. The highest BCUT2D eigenvalue weighted by Gasteiger charge is 2.48. The first-order valence-corrected chi connectivity index (χ1v) is 11.1. The minimum absolute atomic E-state index is 0.108. The number of aldehydes is 1. The lowest BCUT2D eigenvalue weighted by Gasteiger charge is -2.43. The van der Waals surface area contributed by atoms with Crippen molar-refractivity contribution in [3.05, 3.63) is 29.8 Å². The van der Waals surface area contributed by atoms with Crippen LogP contribution in [0.3, 0.4) is 0 Å². The Hall–Kier alpha value is -2.62. The van der Waals surface area contributed by atoms with Gasteiger partial charge in [0, 0.05) is 6.92 Å². The van der Waals surface area contributed by atoms with Crippen molar-refractivity contribution >= 4 is 18.3 Å². The third-order valence-electron chi connectivity index (χ3n) is 5.77. The molecule has 0 amide bonds. The summed E-state index contributed by atoms with van der Waals surface area (Å²) in [6.45, 7) is 2.12. The van der Waals surface area contributed by atoms with Crippen LogP contribution in [0.5, 0.6) is 11.5 Å². The maximum absolute atomic E-state index is 11.3. The summed E-state index contributed by atoms with van der Waals surface area (Å²) in [5, 5.41) is 61.8. The monoisotopic (exact) mass is 514 g/mol. The number of benzene rings is 1. The summed E-state index contributed by atoms with van der Waals surface area (Å²) in [5.41, 5.74) is 0.497. The summed E-state index contributed by atoms with van der Waals surface area (Å²) in [6.07, 6.45) is -11.1. The normalized spacial score (nSPS) is 37.0. The Labute approximate surface area is 206 Å². The van der Waals surface area contributed by atoms with Gasteiger partial charge >= 0.3 is 5.97 Å². The molecule has 2 saturated heterocycles. The number of carbonyl (C=O) groups excluding carboxylic acids is 2. The van der Waals surface area contributed by atoms with Crippen LogP contribution in [0.4, 0.5) is 0 Å². The molecule has 13 heteroatoms. The van der Waals surface area contributed by atoms with Gasteiger partial charge in [-0.3, -0.25) is 9.59 Å². The molecule has 0 aliphatic carbocycles. The number of aliphatic hydroxyl groups is 5. The van der Waals surface area contributed by atoms with Crippen molar-refractivity contribution < 1.29 is 63.9 Å². The molecule has 13 nitrogen and oxygen atoms in total. The molecular weight excluding hydrogens is 484 g/mol. The first kappa shape index (κ1) is 28.0. The molecule has 0 spiro atoms. The van der Waals surface area contributed by atoms with Crippen LogP contribution >= 0.6 is 0 Å². The fraction of sp³-hybridized carbons (Fsp3) is 0.565. The Morgan fingerprint density at radius 1 is 1.00 bits per heavy atom. The van der Waals surface area contributed by atoms with Crippen molar-refractivity contribution in [1.29, 1.82) is 0 Å². The number of phenolic OH excluding ortho intramolecular Hbond substituents is 1. The van der Waals surface area contributed by atoms with Crippen LogP contribution in [0, 0.1) is 0 Å². The highest BCUT2D eigenvalue weighted by molar-refractivity contribution is 5.74. The summed E-state index contributed by atoms with van der Waals surface area (Å²) in [4.78, 5) is 21.8. The largest absolute Gasteiger partial charge is 0.504 e. The predicted molar refractivity (Wildman–Crippen MR) is 118 cm³/mol. The van der Waals surface area contributed by atoms with Gasteiger partial charge < -0.3 is 54.3 Å². The molecule has 0 saturated carbocycles. The zero-order valence-corrected chi connectivity index (χ0v) is 19.5. The van der Waals surface area contributed by atoms with E-state index in [1.54, 1.807) is 0 Å². The second-order valence-electron chi connectivity index (χ2n) is 8.45. The Balaban J connectivity index is 1.67. The van der Waals surface area contributed by atoms with Crippen molar-refractivity contribution in [2.24, 2.45) is 0 Å². The maximum Gasteiger partial charge on any atom is 0.303 e. The van der Waals surface area contributed by atoms with Crippen molar-refractivity contribution in [3.63, 3.8) is 0 Å². The van der Waals surface area contributed by atoms with Gasteiger partial charge in [0.15, 0.2) is 23.9 Å². The van der Waals surface area contributed by atoms with E-state index in [4.69, 9.17) is 23.7 Å². The fourth-order valence-corrected chi connectivity index (χ4v) is 3.82. The molecule has 36 heavy (non-hydrogen) atoms. The number of hydrogen-bond acceptors (Lipinski definition) is 13. The number of aliphatic hydroxyl groups excluding tert-OH is 5. The van der Waals surface area contributed by atoms with Gasteiger partial charge in [-0.1, -0.05) is 12.1 Å². The average molecular weight is 514 g/mol. The van der Waals surface area contributed by atoms with E-state index in [9.17, 15) is 40.2 Å². The smallest absolute Gasteiger partial charge is 0.303 e. The molecule has 200 valence electrons. The summed E-state index contributed by atoms with van der Waals surface area (Å²) in [6, 6.07) is 4.17. The molecule has 2 aliphatic rings. The molecule has 2 heterocycles. The van der Waals surface area contributed by atoms with Crippen molar-refractivity contribution in [3.8, 4) is 11.5 Å². The quantitative estimate of drug-likeness (QED) is 0.129. The number of hydrogen-bond donors (Lipinski definition) is 6. The molecule has 2 fully saturated rings. The molecule has 0 radical (unpaired) electrons. The number of ether oxygens (including phenoxy) is 5. The average Bonchev–Trinajstić information content (AvgIpc) is 2.84. The summed E-state index contributed by atoms with van der Waals surface area (Å²) >= 11 is 0. The zero-order chi connectivity index (χ0) is 26.6. The molecule has 2 aliphatic heterocycles. The van der Waals surface area contributed by atoms with E-state index < -0.39 is 74.0 Å². The second-order valence-corrected chi connectivity index (χ2v) is 8.45. The van der Waals surface area contributed by atoms with Gasteiger partial charge in [0.1, 0.15) is 42.9 Å². The van der Waals surface area contributed by atoms with Crippen LogP contribution < -0.4 is 4.74 Å². The fourth-order valence-electron chi connectivity index (χ4n) is 3.82. The lowest BCUT2D eigenvalue weighted by molar-refractivity contribution is -0.319. The topological polar surface area (TPSA) is 202 Å². The molecular formula is C23H30O13. The van der Waals surface area contributed by atoms with E-state index in [1.165, 1.54) is 37.3 Å². The van der Waals surface area contributed by atoms with Gasteiger partial charge in [-0.25, -0.2) is 0 Å². The Kier molecular flexibility index (Phi) is 9.38. The van der Waals surface area contributed by atoms with E-state index >= 15 is 0 Å². The van der Waals surface area contributed by atoms with Gasteiger partial charge in [0.2, 0.25) is 6.29 Å². The van der Waals surface area contributed by atoms with Crippen molar-refractivity contribution in [2.75, 3.05) is 6.61 Å². The van der Waals surface area contributed by atoms with Crippen molar-refractivity contribution in [2.45, 2.75) is 75.3 Å². The highest BCUT2D eigenvalue weighted by Crippen LogP contribution is 2.32. The van der Waals surface area contributed by atoms with Gasteiger partial charge in [0.05, 0.1) is 12.7 Å². The molecule has 0 aromatic heterocycles. The van der Waals surface area contributed by atoms with Gasteiger partial charge in [0.25, 0.3) is 0 Å². The van der Waals surface area contributed by atoms with E-state index in [0.29, 0.717) is 11.8 Å². The van der Waals surface area contributed by atoms with Crippen LogP contribution in [0.25, 0.3) is 6.08 Å². The molecule has 0 unspecified atom stereocenters. The SMILES string of the molecule is CC(=O)O[C@@H]1[C@@H](O)[C@H](C)O[C@@H](OC[C@H]2O[C@@H](Oc3ccc(C=CC=O)cc3O)[C@H](O)[C@@H](O)[C@@H]2O)[C@@H]1O. The lowest BCUT2D eigenvalue weighted by Crippen LogP contribution is -2.62. The molecule has 0 bridgehead atoms. The number of phenols is 1. The van der Waals surface area contributed by atoms with Crippen LogP contribution in [-0.2, 0) is 28.5 Å². The Morgan fingerprint density at radius 3 is 2.36 bits per heavy atom. The summed E-state index contributed by atoms with van der Waals surface area (Å²) < 4.78 is 26.9. The molecule has 3 rings (SSSR count). The molecule has 1 aromatic carbocycles. The second kappa shape index (κ2) is 12.1. The van der Waals surface area contributed by atoms with Gasteiger partial charge in [-0.15, -0.1) is 0 Å². The van der Waals surface area contributed by atoms with E-state index in [0.717, 1.165) is 6.92 Å². The van der Waals surface area contributed by atoms with Gasteiger partial charge in [-0.2, -0.15) is 0 Å². The number of allylic oxidation sites excluding steroid dienone is 1. The van der Waals surface area contributed by atoms with Crippen LogP contribution in [0.2, 0.25) is 0 Å².